The molecule has 2 heteroatoms. The lowest BCUT2D eigenvalue weighted by molar-refractivity contribution is 0.108. The number of carbonyl (C=O) groups is 1. The van der Waals surface area contributed by atoms with E-state index in [1.54, 1.807) is 12.1 Å². The Hall–Kier alpha value is -1.20. The van der Waals surface area contributed by atoms with Crippen LogP contribution >= 0.6 is 11.8 Å². The van der Waals surface area contributed by atoms with Gasteiger partial charge in [-0.2, -0.15) is 0 Å². The second-order valence-electron chi connectivity index (χ2n) is 2.58. The van der Waals surface area contributed by atoms with Crippen LogP contribution in [0, 0.1) is 12.3 Å². The summed E-state index contributed by atoms with van der Waals surface area (Å²) >= 11 is 1.18. The third-order valence-electron chi connectivity index (χ3n) is 1.53. The normalized spacial score (nSPS) is 11.7. The molecule has 1 unspecified atom stereocenters. The Labute approximate surface area is 82.5 Å². The van der Waals surface area contributed by atoms with Crippen LogP contribution in [0.2, 0.25) is 0 Å². The zero-order valence-electron chi connectivity index (χ0n) is 7.36. The predicted molar refractivity (Wildman–Crippen MR) is 56.7 cm³/mol. The van der Waals surface area contributed by atoms with E-state index in [1.807, 2.05) is 25.1 Å². The Morgan fingerprint density at radius 1 is 1.46 bits per heavy atom. The molecule has 0 bridgehead atoms. The topological polar surface area (TPSA) is 17.1 Å². The number of thioether (sulfide) groups is 1. The maximum Gasteiger partial charge on any atom is 0.220 e. The molecule has 0 N–H and O–H groups in total. The molecular formula is C11H10OS. The lowest BCUT2D eigenvalue weighted by atomic mass is 10.2. The summed E-state index contributed by atoms with van der Waals surface area (Å²) in [7, 11) is 0. The van der Waals surface area contributed by atoms with Crippen molar-refractivity contribution in [2.45, 2.75) is 12.2 Å². The second-order valence-corrected chi connectivity index (χ2v) is 3.89. The highest BCUT2D eigenvalue weighted by atomic mass is 32.2. The van der Waals surface area contributed by atoms with Gasteiger partial charge in [0.15, 0.2) is 0 Å². The van der Waals surface area contributed by atoms with Gasteiger partial charge in [0.25, 0.3) is 0 Å². The van der Waals surface area contributed by atoms with Crippen LogP contribution in [0.4, 0.5) is 0 Å². The molecule has 0 aromatic heterocycles. The van der Waals surface area contributed by atoms with Crippen molar-refractivity contribution in [3.63, 3.8) is 0 Å². The molecule has 0 spiro atoms. The van der Waals surface area contributed by atoms with Gasteiger partial charge in [0.1, 0.15) is 0 Å². The summed E-state index contributed by atoms with van der Waals surface area (Å²) in [6.07, 6.45) is 5.18. The van der Waals surface area contributed by atoms with E-state index in [9.17, 15) is 4.79 Å². The van der Waals surface area contributed by atoms with Crippen LogP contribution in [0.25, 0.3) is 0 Å². The second kappa shape index (κ2) is 4.74. The van der Waals surface area contributed by atoms with Crippen molar-refractivity contribution in [1.29, 1.82) is 0 Å². The van der Waals surface area contributed by atoms with Crippen molar-refractivity contribution >= 4 is 16.9 Å². The number of hydrogen-bond acceptors (Lipinski definition) is 2. The summed E-state index contributed by atoms with van der Waals surface area (Å²) in [5.41, 5.74) is 0.703. The summed E-state index contributed by atoms with van der Waals surface area (Å²) in [4.78, 5) is 11.5. The first-order valence-electron chi connectivity index (χ1n) is 3.96. The third kappa shape index (κ3) is 2.96. The van der Waals surface area contributed by atoms with Gasteiger partial charge in [-0.3, -0.25) is 4.79 Å². The lowest BCUT2D eigenvalue weighted by Crippen LogP contribution is -1.99. The fourth-order valence-corrected chi connectivity index (χ4v) is 1.50. The van der Waals surface area contributed by atoms with E-state index < -0.39 is 0 Å². The Morgan fingerprint density at radius 2 is 2.08 bits per heavy atom. The molecule has 0 radical (unpaired) electrons. The number of terminal acetylenes is 1. The van der Waals surface area contributed by atoms with Gasteiger partial charge in [-0.05, 0) is 6.92 Å². The molecule has 0 heterocycles. The van der Waals surface area contributed by atoms with Crippen LogP contribution in [-0.2, 0) is 0 Å². The number of hydrogen-bond donors (Lipinski definition) is 0. The molecule has 0 aliphatic carbocycles. The van der Waals surface area contributed by atoms with Gasteiger partial charge in [-0.1, -0.05) is 48.0 Å². The van der Waals surface area contributed by atoms with Gasteiger partial charge in [0, 0.05) is 5.56 Å². The van der Waals surface area contributed by atoms with Gasteiger partial charge in [0.2, 0.25) is 5.12 Å². The van der Waals surface area contributed by atoms with Gasteiger partial charge in [0.05, 0.1) is 5.25 Å². The molecule has 1 atom stereocenters. The van der Waals surface area contributed by atoms with Crippen LogP contribution in [0.5, 0.6) is 0 Å². The van der Waals surface area contributed by atoms with E-state index in [4.69, 9.17) is 6.42 Å². The molecule has 0 saturated carbocycles. The van der Waals surface area contributed by atoms with Gasteiger partial charge in [-0.15, -0.1) is 6.42 Å². The third-order valence-corrected chi connectivity index (χ3v) is 2.47. The number of carbonyl (C=O) groups excluding carboxylic acids is 1. The molecule has 1 aromatic carbocycles. The maximum absolute atomic E-state index is 11.5. The molecule has 0 aliphatic rings. The highest BCUT2D eigenvalue weighted by Crippen LogP contribution is 2.16. The van der Waals surface area contributed by atoms with E-state index in [-0.39, 0.29) is 10.4 Å². The fraction of sp³-hybridized carbons (Fsp3) is 0.182. The fourth-order valence-electron chi connectivity index (χ4n) is 0.837. The molecule has 1 nitrogen and oxygen atoms in total. The van der Waals surface area contributed by atoms with Gasteiger partial charge in [-0.25, -0.2) is 0 Å². The van der Waals surface area contributed by atoms with Crippen molar-refractivity contribution in [2.75, 3.05) is 0 Å². The number of benzene rings is 1. The minimum atomic E-state index is -0.0623. The molecule has 1 aromatic rings. The van der Waals surface area contributed by atoms with Crippen molar-refractivity contribution in [1.82, 2.24) is 0 Å². The molecule has 66 valence electrons. The average molecular weight is 190 g/mol. The summed E-state index contributed by atoms with van der Waals surface area (Å²) in [6, 6.07) is 9.14. The highest BCUT2D eigenvalue weighted by molar-refractivity contribution is 8.14. The van der Waals surface area contributed by atoms with Crippen molar-refractivity contribution < 1.29 is 4.79 Å². The molecule has 1 rings (SSSR count). The van der Waals surface area contributed by atoms with Crippen LogP contribution in [0.1, 0.15) is 17.3 Å². The van der Waals surface area contributed by atoms with Crippen LogP contribution in [-0.4, -0.2) is 10.4 Å². The first kappa shape index (κ1) is 9.88. The first-order chi connectivity index (χ1) is 6.24. The van der Waals surface area contributed by atoms with Crippen molar-refractivity contribution in [3.8, 4) is 12.3 Å². The molecule has 0 saturated heterocycles. The first-order valence-corrected chi connectivity index (χ1v) is 4.84. The van der Waals surface area contributed by atoms with Crippen LogP contribution in [0.3, 0.4) is 0 Å². The molecule has 0 aliphatic heterocycles. The van der Waals surface area contributed by atoms with Gasteiger partial charge < -0.3 is 0 Å². The molecular weight excluding hydrogens is 180 g/mol. The molecule has 0 fully saturated rings. The van der Waals surface area contributed by atoms with Crippen LogP contribution in [0.15, 0.2) is 30.3 Å². The Balaban J connectivity index is 2.66. The Kier molecular flexibility index (Phi) is 3.60. The summed E-state index contributed by atoms with van der Waals surface area (Å²) in [5.74, 6) is 2.51. The van der Waals surface area contributed by atoms with E-state index in [0.29, 0.717) is 5.56 Å². The lowest BCUT2D eigenvalue weighted by Gasteiger charge is -2.01. The van der Waals surface area contributed by atoms with Gasteiger partial charge >= 0.3 is 0 Å². The standard InChI is InChI=1S/C11H10OS/c1-3-9(2)13-11(12)10-7-5-4-6-8-10/h1,4-9H,2H3. The molecule has 0 amide bonds. The molecule has 13 heavy (non-hydrogen) atoms. The average Bonchev–Trinajstić information content (AvgIpc) is 2.19. The smallest absolute Gasteiger partial charge is 0.220 e. The Bertz CT molecular complexity index is 324. The summed E-state index contributed by atoms with van der Waals surface area (Å²) in [6.45, 7) is 1.84. The Morgan fingerprint density at radius 3 is 2.62 bits per heavy atom. The minimum Gasteiger partial charge on any atom is -0.282 e. The highest BCUT2D eigenvalue weighted by Gasteiger charge is 2.08. The zero-order chi connectivity index (χ0) is 9.68. The summed E-state index contributed by atoms with van der Waals surface area (Å²) in [5, 5.41) is -0.0289. The number of rotatable bonds is 2. The van der Waals surface area contributed by atoms with Crippen molar-refractivity contribution in [3.05, 3.63) is 35.9 Å². The minimum absolute atomic E-state index is 0.0334. The van der Waals surface area contributed by atoms with E-state index in [1.165, 1.54) is 11.8 Å². The zero-order valence-corrected chi connectivity index (χ0v) is 8.17. The maximum atomic E-state index is 11.5. The summed E-state index contributed by atoms with van der Waals surface area (Å²) < 4.78 is 0. The SMILES string of the molecule is C#CC(C)SC(=O)c1ccccc1. The van der Waals surface area contributed by atoms with E-state index >= 15 is 0 Å². The monoisotopic (exact) mass is 190 g/mol. The van der Waals surface area contributed by atoms with E-state index in [0.717, 1.165) is 0 Å². The largest absolute Gasteiger partial charge is 0.282 e. The van der Waals surface area contributed by atoms with Crippen LogP contribution < -0.4 is 0 Å². The predicted octanol–water partition coefficient (Wildman–Crippen LogP) is 2.58. The quantitative estimate of drug-likeness (QED) is 0.667. The van der Waals surface area contributed by atoms with Crippen molar-refractivity contribution in [2.24, 2.45) is 0 Å². The van der Waals surface area contributed by atoms with E-state index in [2.05, 4.69) is 5.92 Å².